The third-order valence-electron chi connectivity index (χ3n) is 5.45. The second-order valence-corrected chi connectivity index (χ2v) is 6.05. The molecule has 0 spiro atoms. The smallest absolute Gasteiger partial charge is 0.0175 e. The molecule has 4 rings (SSSR count). The van der Waals surface area contributed by atoms with Crippen molar-refractivity contribution in [2.45, 2.75) is 38.5 Å². The zero-order valence-electron chi connectivity index (χ0n) is 9.49. The van der Waals surface area contributed by atoms with Crippen LogP contribution in [-0.2, 0) is 0 Å². The van der Waals surface area contributed by atoms with E-state index in [0.29, 0.717) is 0 Å². The summed E-state index contributed by atoms with van der Waals surface area (Å²) in [6, 6.07) is 0. The second kappa shape index (κ2) is 3.02. The molecule has 0 aromatic carbocycles. The van der Waals surface area contributed by atoms with Crippen LogP contribution >= 0.6 is 0 Å². The van der Waals surface area contributed by atoms with Crippen LogP contribution in [0.25, 0.3) is 0 Å². The summed E-state index contributed by atoms with van der Waals surface area (Å²) in [6.45, 7) is 2.71. The zero-order chi connectivity index (χ0) is 9.83. The van der Waals surface area contributed by atoms with Gasteiger partial charge in [-0.15, -0.1) is 0 Å². The number of hydrogen-bond acceptors (Lipinski definition) is 1. The lowest BCUT2D eigenvalue weighted by molar-refractivity contribution is 0.286. The fourth-order valence-electron chi connectivity index (χ4n) is 4.88. The molecule has 0 aromatic heterocycles. The first kappa shape index (κ1) is 8.66. The molecule has 2 saturated carbocycles. The minimum absolute atomic E-state index is 0.984. The van der Waals surface area contributed by atoms with Gasteiger partial charge in [0, 0.05) is 24.7 Å². The molecule has 4 atom stereocenters. The highest BCUT2D eigenvalue weighted by Crippen LogP contribution is 2.58. The molecule has 3 aliphatic carbocycles. The van der Waals surface area contributed by atoms with E-state index in [1.165, 1.54) is 51.6 Å². The van der Waals surface area contributed by atoms with Crippen molar-refractivity contribution in [2.24, 2.45) is 23.7 Å². The lowest BCUT2D eigenvalue weighted by Crippen LogP contribution is -2.27. The van der Waals surface area contributed by atoms with Crippen molar-refractivity contribution in [2.75, 3.05) is 13.1 Å². The Bertz CT molecular complexity index is 300. The predicted octanol–water partition coefficient (Wildman–Crippen LogP) is 3.03. The molecule has 4 aliphatic rings. The van der Waals surface area contributed by atoms with Crippen molar-refractivity contribution in [1.82, 2.24) is 4.90 Å². The van der Waals surface area contributed by atoms with Gasteiger partial charge in [0.1, 0.15) is 0 Å². The molecule has 1 heteroatoms. The molecule has 15 heavy (non-hydrogen) atoms. The maximum absolute atomic E-state index is 2.71. The van der Waals surface area contributed by atoms with Gasteiger partial charge < -0.3 is 4.90 Å². The summed E-state index contributed by atoms with van der Waals surface area (Å²) in [6.07, 6.45) is 11.6. The molecule has 0 unspecified atom stereocenters. The Hall–Kier alpha value is -0.460. The molecular weight excluding hydrogens is 182 g/mol. The molecule has 1 aliphatic heterocycles. The van der Waals surface area contributed by atoms with E-state index in [1.807, 2.05) is 0 Å². The monoisotopic (exact) mass is 203 g/mol. The van der Waals surface area contributed by atoms with Gasteiger partial charge >= 0.3 is 0 Å². The fraction of sp³-hybridized carbons (Fsp3) is 0.857. The van der Waals surface area contributed by atoms with Gasteiger partial charge in [0.25, 0.3) is 0 Å². The first-order chi connectivity index (χ1) is 7.43. The van der Waals surface area contributed by atoms with Crippen molar-refractivity contribution in [1.29, 1.82) is 0 Å². The number of allylic oxidation sites excluding steroid dienone is 2. The Morgan fingerprint density at radius 3 is 2.67 bits per heavy atom. The van der Waals surface area contributed by atoms with Crippen molar-refractivity contribution >= 4 is 0 Å². The van der Waals surface area contributed by atoms with Gasteiger partial charge in [-0.3, -0.25) is 0 Å². The number of likely N-dealkylation sites (tertiary alicyclic amines) is 1. The van der Waals surface area contributed by atoms with E-state index in [-0.39, 0.29) is 0 Å². The highest BCUT2D eigenvalue weighted by atomic mass is 15.2. The Labute approximate surface area is 92.5 Å². The van der Waals surface area contributed by atoms with E-state index in [1.54, 1.807) is 5.70 Å². The maximum atomic E-state index is 2.71. The van der Waals surface area contributed by atoms with E-state index in [4.69, 9.17) is 0 Å². The number of fused-ring (bicyclic) bond motifs is 5. The van der Waals surface area contributed by atoms with Gasteiger partial charge in [0.05, 0.1) is 0 Å². The van der Waals surface area contributed by atoms with Gasteiger partial charge in [0.2, 0.25) is 0 Å². The number of nitrogens with zero attached hydrogens (tertiary/aromatic N) is 1. The maximum Gasteiger partial charge on any atom is 0.0175 e. The topological polar surface area (TPSA) is 3.24 Å². The van der Waals surface area contributed by atoms with E-state index in [9.17, 15) is 0 Å². The van der Waals surface area contributed by atoms with Crippen LogP contribution < -0.4 is 0 Å². The molecule has 82 valence electrons. The van der Waals surface area contributed by atoms with Crippen molar-refractivity contribution in [3.8, 4) is 0 Å². The van der Waals surface area contributed by atoms with Crippen LogP contribution in [0.4, 0.5) is 0 Å². The van der Waals surface area contributed by atoms with Gasteiger partial charge in [-0.1, -0.05) is 12.5 Å². The average Bonchev–Trinajstić information content (AvgIpc) is 3.02. The van der Waals surface area contributed by atoms with Gasteiger partial charge in [-0.2, -0.15) is 0 Å². The van der Waals surface area contributed by atoms with Crippen molar-refractivity contribution in [3.05, 3.63) is 11.8 Å². The first-order valence-electron chi connectivity index (χ1n) is 6.90. The average molecular weight is 203 g/mol. The van der Waals surface area contributed by atoms with Crippen LogP contribution in [0.15, 0.2) is 11.8 Å². The molecule has 0 aromatic rings. The summed E-state index contributed by atoms with van der Waals surface area (Å²) < 4.78 is 0. The van der Waals surface area contributed by atoms with E-state index in [2.05, 4.69) is 11.0 Å². The third kappa shape index (κ3) is 1.10. The second-order valence-electron chi connectivity index (χ2n) is 6.05. The molecule has 1 heterocycles. The lowest BCUT2D eigenvalue weighted by atomic mass is 9.84. The van der Waals surface area contributed by atoms with Gasteiger partial charge in [0.15, 0.2) is 0 Å². The van der Waals surface area contributed by atoms with Crippen molar-refractivity contribution in [3.63, 3.8) is 0 Å². The van der Waals surface area contributed by atoms with Crippen LogP contribution in [0.5, 0.6) is 0 Å². The Morgan fingerprint density at radius 2 is 1.80 bits per heavy atom. The summed E-state index contributed by atoms with van der Waals surface area (Å²) in [5, 5.41) is 0. The molecule has 0 N–H and O–H groups in total. The highest BCUT2D eigenvalue weighted by molar-refractivity contribution is 5.24. The van der Waals surface area contributed by atoms with Gasteiger partial charge in [-0.25, -0.2) is 0 Å². The summed E-state index contributed by atoms with van der Waals surface area (Å²) >= 11 is 0. The summed E-state index contributed by atoms with van der Waals surface area (Å²) in [5.41, 5.74) is 1.78. The summed E-state index contributed by atoms with van der Waals surface area (Å²) in [5.74, 6) is 4.16. The van der Waals surface area contributed by atoms with Crippen LogP contribution in [0.1, 0.15) is 38.5 Å². The summed E-state index contributed by atoms with van der Waals surface area (Å²) in [4.78, 5) is 2.71. The highest BCUT2D eigenvalue weighted by Gasteiger charge is 2.50. The molecule has 1 nitrogen and oxygen atoms in total. The third-order valence-corrected chi connectivity index (χ3v) is 5.45. The van der Waals surface area contributed by atoms with E-state index >= 15 is 0 Å². The number of hydrogen-bond donors (Lipinski definition) is 0. The fourth-order valence-corrected chi connectivity index (χ4v) is 4.88. The quantitative estimate of drug-likeness (QED) is 0.633. The standard InChI is InChI=1S/C14H21N/c1-2-7-15(6-1)14-9-10-8-13(14)12-5-3-4-11(10)12/h9-13H,1-8H2/t10-,11+,12-,13+/m1/s1. The Morgan fingerprint density at radius 1 is 1.00 bits per heavy atom. The molecule has 3 fully saturated rings. The van der Waals surface area contributed by atoms with Crippen LogP contribution in [0, 0.1) is 23.7 Å². The Kier molecular flexibility index (Phi) is 1.75. The normalized spacial score (nSPS) is 47.5. The van der Waals surface area contributed by atoms with Crippen LogP contribution in [0.3, 0.4) is 0 Å². The van der Waals surface area contributed by atoms with E-state index in [0.717, 1.165) is 23.7 Å². The molecule has 0 radical (unpaired) electrons. The Balaban J connectivity index is 1.62. The summed E-state index contributed by atoms with van der Waals surface area (Å²) in [7, 11) is 0. The zero-order valence-corrected chi connectivity index (χ0v) is 9.49. The predicted molar refractivity (Wildman–Crippen MR) is 61.3 cm³/mol. The van der Waals surface area contributed by atoms with Gasteiger partial charge in [-0.05, 0) is 49.9 Å². The lowest BCUT2D eigenvalue weighted by Gasteiger charge is -2.31. The first-order valence-corrected chi connectivity index (χ1v) is 6.90. The molecule has 0 amide bonds. The molecule has 1 saturated heterocycles. The largest absolute Gasteiger partial charge is 0.375 e. The molecule has 2 bridgehead atoms. The van der Waals surface area contributed by atoms with Crippen LogP contribution in [0.2, 0.25) is 0 Å². The van der Waals surface area contributed by atoms with Crippen LogP contribution in [-0.4, -0.2) is 18.0 Å². The van der Waals surface area contributed by atoms with Crippen molar-refractivity contribution < 1.29 is 0 Å². The minimum Gasteiger partial charge on any atom is -0.375 e. The SMILES string of the molecule is C1=C(N2CCCC2)[C@H]2C[C@H]1[C@@H]1CCC[C@H]12. The molecular formula is C14H21N. The van der Waals surface area contributed by atoms with E-state index < -0.39 is 0 Å². The minimum atomic E-state index is 0.984. The number of rotatable bonds is 1.